The van der Waals surface area contributed by atoms with Crippen LogP contribution >= 0.6 is 0 Å². The van der Waals surface area contributed by atoms with E-state index in [1.807, 2.05) is 21.9 Å². The number of pyridine rings is 1. The summed E-state index contributed by atoms with van der Waals surface area (Å²) in [5.41, 5.74) is 3.21. The van der Waals surface area contributed by atoms with Gasteiger partial charge in [-0.15, -0.1) is 0 Å². The molecule has 1 atom stereocenters. The zero-order chi connectivity index (χ0) is 18.8. The van der Waals surface area contributed by atoms with Crippen LogP contribution in [0, 0.1) is 5.92 Å². The van der Waals surface area contributed by atoms with Gasteiger partial charge in [0.1, 0.15) is 11.4 Å². The number of piperidine rings is 1. The highest BCUT2D eigenvalue weighted by molar-refractivity contribution is 5.96. The van der Waals surface area contributed by atoms with E-state index in [1.165, 1.54) is 11.1 Å². The Morgan fingerprint density at radius 1 is 0.926 bits per heavy atom. The van der Waals surface area contributed by atoms with Crippen molar-refractivity contribution in [3.63, 3.8) is 0 Å². The standard InChI is InChI=1S/C22H25N3O2/c1-16-6-5-12-24(14-16)21(26)19-9-4-10-20(23-19)22(27)25-13-11-17-7-2-3-8-18(17)15-25/h2-4,7-10,16H,5-6,11-15H2,1H3. The first-order valence-corrected chi connectivity index (χ1v) is 9.74. The van der Waals surface area contributed by atoms with Crippen LogP contribution in [-0.4, -0.2) is 46.2 Å². The van der Waals surface area contributed by atoms with Gasteiger partial charge in [0.15, 0.2) is 0 Å². The Kier molecular flexibility index (Phi) is 4.92. The van der Waals surface area contributed by atoms with Gasteiger partial charge in [-0.2, -0.15) is 0 Å². The van der Waals surface area contributed by atoms with E-state index >= 15 is 0 Å². The van der Waals surface area contributed by atoms with Crippen LogP contribution in [0.1, 0.15) is 51.9 Å². The summed E-state index contributed by atoms with van der Waals surface area (Å²) in [6.07, 6.45) is 3.04. The van der Waals surface area contributed by atoms with E-state index in [0.29, 0.717) is 30.4 Å². The Hall–Kier alpha value is -2.69. The average Bonchev–Trinajstić information content (AvgIpc) is 2.72. The fourth-order valence-corrected chi connectivity index (χ4v) is 4.04. The van der Waals surface area contributed by atoms with Crippen LogP contribution in [0.4, 0.5) is 0 Å². The zero-order valence-corrected chi connectivity index (χ0v) is 15.7. The first-order valence-electron chi connectivity index (χ1n) is 9.74. The number of hydrogen-bond donors (Lipinski definition) is 0. The lowest BCUT2D eigenvalue weighted by molar-refractivity contribution is 0.0675. The molecule has 5 nitrogen and oxygen atoms in total. The third kappa shape index (κ3) is 3.72. The van der Waals surface area contributed by atoms with Crippen molar-refractivity contribution in [2.45, 2.75) is 32.7 Å². The molecular weight excluding hydrogens is 338 g/mol. The summed E-state index contributed by atoms with van der Waals surface area (Å²) < 4.78 is 0. The molecular formula is C22H25N3O2. The third-order valence-electron chi connectivity index (χ3n) is 5.55. The van der Waals surface area contributed by atoms with E-state index in [9.17, 15) is 9.59 Å². The molecule has 1 saturated heterocycles. The number of rotatable bonds is 2. The number of carbonyl (C=O) groups excluding carboxylic acids is 2. The van der Waals surface area contributed by atoms with Gasteiger partial charge in [0.2, 0.25) is 0 Å². The molecule has 0 spiro atoms. The van der Waals surface area contributed by atoms with Crippen molar-refractivity contribution >= 4 is 11.8 Å². The summed E-state index contributed by atoms with van der Waals surface area (Å²) in [5, 5.41) is 0. The average molecular weight is 363 g/mol. The Bertz CT molecular complexity index is 864. The maximum Gasteiger partial charge on any atom is 0.272 e. The number of amides is 2. The zero-order valence-electron chi connectivity index (χ0n) is 15.7. The molecule has 2 amide bonds. The molecule has 1 aromatic carbocycles. The van der Waals surface area contributed by atoms with Crippen LogP contribution < -0.4 is 0 Å². The molecule has 0 aliphatic carbocycles. The Morgan fingerprint density at radius 3 is 2.37 bits per heavy atom. The highest BCUT2D eigenvalue weighted by Gasteiger charge is 2.26. The van der Waals surface area contributed by atoms with Crippen LogP contribution in [0.5, 0.6) is 0 Å². The van der Waals surface area contributed by atoms with Crippen molar-refractivity contribution in [1.29, 1.82) is 0 Å². The lowest BCUT2D eigenvalue weighted by atomic mass is 9.99. The summed E-state index contributed by atoms with van der Waals surface area (Å²) in [5.74, 6) is 0.340. The second-order valence-electron chi connectivity index (χ2n) is 7.65. The number of fused-ring (bicyclic) bond motifs is 1. The Morgan fingerprint density at radius 2 is 1.63 bits per heavy atom. The maximum atomic E-state index is 13.0. The van der Waals surface area contributed by atoms with E-state index < -0.39 is 0 Å². The van der Waals surface area contributed by atoms with Crippen molar-refractivity contribution in [2.75, 3.05) is 19.6 Å². The lowest BCUT2D eigenvalue weighted by Gasteiger charge is -2.31. The number of carbonyl (C=O) groups is 2. The molecule has 2 aliphatic heterocycles. The van der Waals surface area contributed by atoms with Crippen molar-refractivity contribution < 1.29 is 9.59 Å². The van der Waals surface area contributed by atoms with Crippen molar-refractivity contribution in [3.8, 4) is 0 Å². The lowest BCUT2D eigenvalue weighted by Crippen LogP contribution is -2.40. The van der Waals surface area contributed by atoms with E-state index in [0.717, 1.165) is 32.4 Å². The topological polar surface area (TPSA) is 53.5 Å². The minimum atomic E-state index is -0.105. The highest BCUT2D eigenvalue weighted by Crippen LogP contribution is 2.21. The molecule has 2 aromatic rings. The molecule has 0 N–H and O–H groups in total. The van der Waals surface area contributed by atoms with Crippen molar-refractivity contribution in [2.24, 2.45) is 5.92 Å². The van der Waals surface area contributed by atoms with Crippen LogP contribution in [0.2, 0.25) is 0 Å². The molecule has 3 heterocycles. The molecule has 5 heteroatoms. The van der Waals surface area contributed by atoms with Crippen molar-refractivity contribution in [1.82, 2.24) is 14.8 Å². The van der Waals surface area contributed by atoms with Gasteiger partial charge in [-0.3, -0.25) is 9.59 Å². The number of likely N-dealkylation sites (tertiary alicyclic amines) is 1. The first kappa shape index (κ1) is 17.7. The van der Waals surface area contributed by atoms with Gasteiger partial charge >= 0.3 is 0 Å². The number of aromatic nitrogens is 1. The normalized spacial score (nSPS) is 19.5. The van der Waals surface area contributed by atoms with Crippen LogP contribution in [0.3, 0.4) is 0 Å². The number of benzene rings is 1. The van der Waals surface area contributed by atoms with Gasteiger partial charge < -0.3 is 9.80 Å². The quantitative estimate of drug-likeness (QED) is 0.824. The van der Waals surface area contributed by atoms with Gasteiger partial charge in [0, 0.05) is 26.2 Å². The Labute approximate surface area is 160 Å². The third-order valence-corrected chi connectivity index (χ3v) is 5.55. The van der Waals surface area contributed by atoms with Gasteiger partial charge in [-0.25, -0.2) is 4.98 Å². The van der Waals surface area contributed by atoms with Gasteiger partial charge in [0.25, 0.3) is 11.8 Å². The molecule has 27 heavy (non-hydrogen) atoms. The minimum absolute atomic E-state index is 0.0693. The van der Waals surface area contributed by atoms with E-state index in [4.69, 9.17) is 0 Å². The smallest absolute Gasteiger partial charge is 0.272 e. The molecule has 1 aromatic heterocycles. The molecule has 4 rings (SSSR count). The number of nitrogens with zero attached hydrogens (tertiary/aromatic N) is 3. The largest absolute Gasteiger partial charge is 0.337 e. The summed E-state index contributed by atoms with van der Waals surface area (Å²) in [6.45, 7) is 4.98. The van der Waals surface area contributed by atoms with E-state index in [1.54, 1.807) is 18.2 Å². The van der Waals surface area contributed by atoms with E-state index in [-0.39, 0.29) is 11.8 Å². The van der Waals surface area contributed by atoms with Crippen molar-refractivity contribution in [3.05, 3.63) is 65.0 Å². The summed E-state index contributed by atoms with van der Waals surface area (Å²) in [4.78, 5) is 33.9. The molecule has 0 radical (unpaired) electrons. The molecule has 1 unspecified atom stereocenters. The monoisotopic (exact) mass is 363 g/mol. The SMILES string of the molecule is CC1CCCN(C(=O)c2cccc(C(=O)N3CCc4ccccc4C3)n2)C1. The first-order chi connectivity index (χ1) is 13.1. The highest BCUT2D eigenvalue weighted by atomic mass is 16.2. The number of hydrogen-bond acceptors (Lipinski definition) is 3. The summed E-state index contributed by atoms with van der Waals surface area (Å²) in [7, 11) is 0. The predicted molar refractivity (Wildman–Crippen MR) is 103 cm³/mol. The summed E-state index contributed by atoms with van der Waals surface area (Å²) in [6, 6.07) is 13.4. The second-order valence-corrected chi connectivity index (χ2v) is 7.65. The van der Waals surface area contributed by atoms with Gasteiger partial charge in [-0.05, 0) is 48.4 Å². The second kappa shape index (κ2) is 7.51. The van der Waals surface area contributed by atoms with Gasteiger partial charge in [0.05, 0.1) is 0 Å². The predicted octanol–water partition coefficient (Wildman–Crippen LogP) is 3.15. The molecule has 140 valence electrons. The Balaban J connectivity index is 1.50. The maximum absolute atomic E-state index is 13.0. The molecule has 0 bridgehead atoms. The van der Waals surface area contributed by atoms with Crippen LogP contribution in [0.25, 0.3) is 0 Å². The molecule has 1 fully saturated rings. The molecule has 0 saturated carbocycles. The van der Waals surface area contributed by atoms with E-state index in [2.05, 4.69) is 24.0 Å². The van der Waals surface area contributed by atoms with Gasteiger partial charge in [-0.1, -0.05) is 37.3 Å². The fraction of sp³-hybridized carbons (Fsp3) is 0.409. The molecule has 2 aliphatic rings. The van der Waals surface area contributed by atoms with Crippen LogP contribution in [-0.2, 0) is 13.0 Å². The summed E-state index contributed by atoms with van der Waals surface area (Å²) >= 11 is 0. The minimum Gasteiger partial charge on any atom is -0.337 e. The fourth-order valence-electron chi connectivity index (χ4n) is 4.04. The van der Waals surface area contributed by atoms with Crippen LogP contribution in [0.15, 0.2) is 42.5 Å².